The van der Waals surface area contributed by atoms with Crippen molar-refractivity contribution in [1.29, 1.82) is 0 Å². The number of benzene rings is 1. The smallest absolute Gasteiger partial charge is 0.330 e. The van der Waals surface area contributed by atoms with Crippen LogP contribution in [0.5, 0.6) is 5.75 Å². The Balaban J connectivity index is 2.13. The van der Waals surface area contributed by atoms with Crippen LogP contribution in [-0.2, 0) is 16.8 Å². The lowest BCUT2D eigenvalue weighted by molar-refractivity contribution is -0.119. The summed E-state index contributed by atoms with van der Waals surface area (Å²) in [5.41, 5.74) is 6.37. The first-order chi connectivity index (χ1) is 15.8. The molecule has 8 heteroatoms. The van der Waals surface area contributed by atoms with Crippen LogP contribution in [0.15, 0.2) is 33.9 Å². The maximum atomic E-state index is 13.1. The molecule has 188 valence electrons. The van der Waals surface area contributed by atoms with E-state index in [2.05, 4.69) is 25.8 Å². The topological polar surface area (TPSA) is 110 Å². The molecule has 1 aromatic heterocycles. The molecule has 2 rings (SSSR count). The number of carbonyl (C=O) groups is 1. The Morgan fingerprint density at radius 2 is 1.71 bits per heavy atom. The van der Waals surface area contributed by atoms with Crippen LogP contribution in [0.4, 0.5) is 11.5 Å². The van der Waals surface area contributed by atoms with Crippen molar-refractivity contribution < 1.29 is 9.53 Å². The maximum Gasteiger partial charge on any atom is 0.330 e. The van der Waals surface area contributed by atoms with Crippen molar-refractivity contribution in [1.82, 2.24) is 9.55 Å². The molecular weight excluding hydrogens is 432 g/mol. The van der Waals surface area contributed by atoms with E-state index < -0.39 is 11.2 Å². The van der Waals surface area contributed by atoms with Crippen molar-refractivity contribution >= 4 is 17.4 Å². The molecule has 0 bridgehead atoms. The Bertz CT molecular complexity index is 1080. The van der Waals surface area contributed by atoms with Crippen LogP contribution >= 0.6 is 0 Å². The zero-order valence-corrected chi connectivity index (χ0v) is 21.6. The predicted molar refractivity (Wildman–Crippen MR) is 138 cm³/mol. The molecule has 0 aliphatic rings. The summed E-state index contributed by atoms with van der Waals surface area (Å²) in [4.78, 5) is 41.8. The fraction of sp³-hybridized carbons (Fsp3) is 0.577. The number of nitrogens with zero attached hydrogens (tertiary/aromatic N) is 2. The number of amides is 1. The van der Waals surface area contributed by atoms with Crippen LogP contribution in [0.25, 0.3) is 0 Å². The van der Waals surface area contributed by atoms with Gasteiger partial charge in [0.1, 0.15) is 11.6 Å². The quantitative estimate of drug-likeness (QED) is 0.509. The Hall–Kier alpha value is -3.03. The van der Waals surface area contributed by atoms with Gasteiger partial charge in [0, 0.05) is 19.5 Å². The molecule has 1 amide bonds. The van der Waals surface area contributed by atoms with E-state index in [0.29, 0.717) is 26.1 Å². The minimum atomic E-state index is -0.647. The largest absolute Gasteiger partial charge is 0.494 e. The molecule has 8 nitrogen and oxygen atoms in total. The number of ether oxygens (including phenoxy) is 1. The number of nitrogen functional groups attached to an aromatic ring is 1. The molecule has 1 heterocycles. The number of rotatable bonds is 10. The summed E-state index contributed by atoms with van der Waals surface area (Å²) in [5.74, 6) is 0.785. The van der Waals surface area contributed by atoms with Crippen molar-refractivity contribution in [3.05, 3.63) is 50.7 Å². The van der Waals surface area contributed by atoms with E-state index in [9.17, 15) is 14.4 Å². The van der Waals surface area contributed by atoms with Crippen LogP contribution in [0.3, 0.4) is 0 Å². The fourth-order valence-corrected chi connectivity index (χ4v) is 3.67. The average molecular weight is 473 g/mol. The second-order valence-corrected chi connectivity index (χ2v) is 10.6. The number of hydrogen-bond acceptors (Lipinski definition) is 5. The van der Waals surface area contributed by atoms with Crippen molar-refractivity contribution in [2.24, 2.45) is 11.8 Å². The number of H-pyrrole nitrogens is 1. The molecule has 0 fully saturated rings. The molecule has 0 atom stereocenters. The molecule has 0 saturated carbocycles. The average Bonchev–Trinajstić information content (AvgIpc) is 2.72. The van der Waals surface area contributed by atoms with Gasteiger partial charge in [-0.25, -0.2) is 4.79 Å². The zero-order chi connectivity index (χ0) is 25.6. The first-order valence-corrected chi connectivity index (χ1v) is 12.0. The third-order valence-corrected chi connectivity index (χ3v) is 5.40. The van der Waals surface area contributed by atoms with Gasteiger partial charge < -0.3 is 15.4 Å². The summed E-state index contributed by atoms with van der Waals surface area (Å²) in [6, 6.07) is 7.97. The van der Waals surface area contributed by atoms with Gasteiger partial charge in [-0.3, -0.25) is 19.1 Å². The van der Waals surface area contributed by atoms with Gasteiger partial charge >= 0.3 is 5.69 Å². The van der Waals surface area contributed by atoms with E-state index in [1.54, 1.807) is 0 Å². The summed E-state index contributed by atoms with van der Waals surface area (Å²) in [6.45, 7) is 15.3. The van der Waals surface area contributed by atoms with E-state index in [0.717, 1.165) is 5.75 Å². The number of carbonyl (C=O) groups excluding carboxylic acids is 1. The van der Waals surface area contributed by atoms with Gasteiger partial charge in [0.25, 0.3) is 5.56 Å². The molecule has 1 aromatic carbocycles. The van der Waals surface area contributed by atoms with Gasteiger partial charge in [0.05, 0.1) is 6.61 Å². The molecule has 0 saturated heterocycles. The minimum Gasteiger partial charge on any atom is -0.494 e. The Morgan fingerprint density at radius 1 is 1.09 bits per heavy atom. The van der Waals surface area contributed by atoms with Crippen molar-refractivity contribution in [3.8, 4) is 5.75 Å². The minimum absolute atomic E-state index is 0.0200. The molecule has 0 aliphatic heterocycles. The highest BCUT2D eigenvalue weighted by molar-refractivity contribution is 5.95. The predicted octanol–water partition coefficient (Wildman–Crippen LogP) is 3.92. The van der Waals surface area contributed by atoms with Crippen LogP contribution in [-0.4, -0.2) is 28.6 Å². The van der Waals surface area contributed by atoms with Crippen LogP contribution in [0.2, 0.25) is 0 Å². The van der Waals surface area contributed by atoms with Crippen molar-refractivity contribution in [2.75, 3.05) is 23.8 Å². The Labute approximate surface area is 202 Å². The SMILES string of the molecule is CC(C)CN(C(=O)CCCOc1ccc(C(C)(C)C)cc1)c1c(N)n(CC(C)C)c(=O)[nH]c1=O. The molecule has 3 N–H and O–H groups in total. The highest BCUT2D eigenvalue weighted by atomic mass is 16.5. The van der Waals surface area contributed by atoms with Gasteiger partial charge in [-0.1, -0.05) is 60.6 Å². The second kappa shape index (κ2) is 11.4. The summed E-state index contributed by atoms with van der Waals surface area (Å²) >= 11 is 0. The first kappa shape index (κ1) is 27.2. The van der Waals surface area contributed by atoms with E-state index in [1.807, 2.05) is 52.0 Å². The summed E-state index contributed by atoms with van der Waals surface area (Å²) < 4.78 is 7.13. The number of anilines is 2. The highest BCUT2D eigenvalue weighted by Crippen LogP contribution is 2.24. The van der Waals surface area contributed by atoms with Gasteiger partial charge in [0.2, 0.25) is 5.91 Å². The lowest BCUT2D eigenvalue weighted by Gasteiger charge is -2.26. The molecule has 0 unspecified atom stereocenters. The van der Waals surface area contributed by atoms with Crippen LogP contribution in [0.1, 0.15) is 66.9 Å². The Morgan fingerprint density at radius 3 is 2.24 bits per heavy atom. The Kier molecular flexibility index (Phi) is 9.13. The number of aromatic amines is 1. The molecule has 34 heavy (non-hydrogen) atoms. The van der Waals surface area contributed by atoms with Crippen LogP contribution in [0, 0.1) is 11.8 Å². The van der Waals surface area contributed by atoms with E-state index >= 15 is 0 Å². The molecule has 0 spiro atoms. The zero-order valence-electron chi connectivity index (χ0n) is 21.6. The van der Waals surface area contributed by atoms with E-state index in [-0.39, 0.29) is 41.1 Å². The first-order valence-electron chi connectivity index (χ1n) is 12.0. The maximum absolute atomic E-state index is 13.1. The van der Waals surface area contributed by atoms with E-state index in [4.69, 9.17) is 10.5 Å². The second-order valence-electron chi connectivity index (χ2n) is 10.6. The van der Waals surface area contributed by atoms with Crippen molar-refractivity contribution in [3.63, 3.8) is 0 Å². The van der Waals surface area contributed by atoms with Crippen LogP contribution < -0.4 is 26.6 Å². The van der Waals surface area contributed by atoms with Gasteiger partial charge in [-0.2, -0.15) is 0 Å². The standard InChI is InChI=1S/C26H40N4O4/c1-17(2)15-29(22-23(27)30(16-18(3)4)25(33)28-24(22)32)21(31)9-8-14-34-20-12-10-19(11-13-20)26(5,6)7/h10-13,17-18H,8-9,14-16,27H2,1-7H3,(H,28,32,33). The lowest BCUT2D eigenvalue weighted by Crippen LogP contribution is -2.43. The van der Waals surface area contributed by atoms with Gasteiger partial charge in [0.15, 0.2) is 5.69 Å². The molecule has 0 aliphatic carbocycles. The lowest BCUT2D eigenvalue weighted by atomic mass is 9.87. The number of nitrogens with two attached hydrogens (primary N) is 1. The monoisotopic (exact) mass is 472 g/mol. The third-order valence-electron chi connectivity index (χ3n) is 5.40. The third kappa shape index (κ3) is 7.23. The molecule has 2 aromatic rings. The van der Waals surface area contributed by atoms with Gasteiger partial charge in [-0.05, 0) is 41.4 Å². The summed E-state index contributed by atoms with van der Waals surface area (Å²) in [5, 5.41) is 0. The van der Waals surface area contributed by atoms with Crippen molar-refractivity contribution in [2.45, 2.75) is 73.3 Å². The molecule has 0 radical (unpaired) electrons. The fourth-order valence-electron chi connectivity index (χ4n) is 3.67. The number of aromatic nitrogens is 2. The number of nitrogens with one attached hydrogen (secondary N) is 1. The summed E-state index contributed by atoms with van der Waals surface area (Å²) in [6.07, 6.45) is 0.673. The molecular formula is C26H40N4O4. The van der Waals surface area contributed by atoms with Gasteiger partial charge in [-0.15, -0.1) is 0 Å². The highest BCUT2D eigenvalue weighted by Gasteiger charge is 2.25. The summed E-state index contributed by atoms with van der Waals surface area (Å²) in [7, 11) is 0. The number of hydrogen-bond donors (Lipinski definition) is 2. The normalized spacial score (nSPS) is 11.8. The van der Waals surface area contributed by atoms with E-state index in [1.165, 1.54) is 15.0 Å².